The first-order valence-corrected chi connectivity index (χ1v) is 14.3. The number of aromatic nitrogens is 1. The molecule has 4 nitrogen and oxygen atoms in total. The zero-order chi connectivity index (χ0) is 27.5. The van der Waals surface area contributed by atoms with Gasteiger partial charge in [0.25, 0.3) is 0 Å². The van der Waals surface area contributed by atoms with Crippen LogP contribution in [0.15, 0.2) is 115 Å². The predicted octanol–water partition coefficient (Wildman–Crippen LogP) is 6.94. The number of aryl methyl sites for hydroxylation is 2. The molecule has 1 aliphatic rings. The number of carbonyl (C=O) groups excluding carboxylic acids is 1. The van der Waals surface area contributed by atoms with E-state index in [1.54, 1.807) is 0 Å². The summed E-state index contributed by atoms with van der Waals surface area (Å²) in [7, 11) is 2.09. The van der Waals surface area contributed by atoms with Crippen LogP contribution in [-0.4, -0.2) is 46.5 Å². The van der Waals surface area contributed by atoms with E-state index in [1.807, 2.05) is 0 Å². The number of piperazine rings is 1. The summed E-state index contributed by atoms with van der Waals surface area (Å²) in [5.41, 5.74) is 7.44. The van der Waals surface area contributed by atoms with Crippen molar-refractivity contribution >= 4 is 16.8 Å². The molecule has 1 amide bonds. The molecule has 4 heteroatoms. The van der Waals surface area contributed by atoms with Gasteiger partial charge in [0.2, 0.25) is 5.91 Å². The molecule has 6 rings (SSSR count). The summed E-state index contributed by atoms with van der Waals surface area (Å²) in [6.07, 6.45) is 2.68. The Hall–Kier alpha value is -4.15. The molecular formula is C36H37N3O. The maximum absolute atomic E-state index is 13.9. The summed E-state index contributed by atoms with van der Waals surface area (Å²) in [5, 5.41) is 1.22. The van der Waals surface area contributed by atoms with Crippen molar-refractivity contribution in [2.24, 2.45) is 7.05 Å². The molecule has 1 aromatic heterocycles. The second-order valence-electron chi connectivity index (χ2n) is 11.0. The Morgan fingerprint density at radius 1 is 0.700 bits per heavy atom. The van der Waals surface area contributed by atoms with Gasteiger partial charge in [0, 0.05) is 62.7 Å². The molecule has 0 bridgehead atoms. The number of fused-ring (bicyclic) bond motifs is 1. The van der Waals surface area contributed by atoms with E-state index in [0.29, 0.717) is 6.42 Å². The van der Waals surface area contributed by atoms with Gasteiger partial charge in [-0.25, -0.2) is 0 Å². The molecular weight excluding hydrogens is 490 g/mol. The highest BCUT2D eigenvalue weighted by molar-refractivity contribution is 5.86. The van der Waals surface area contributed by atoms with E-state index in [0.717, 1.165) is 26.2 Å². The lowest BCUT2D eigenvalue weighted by molar-refractivity contribution is -0.133. The third-order valence-electron chi connectivity index (χ3n) is 8.42. The van der Waals surface area contributed by atoms with E-state index < -0.39 is 0 Å². The van der Waals surface area contributed by atoms with Crippen LogP contribution in [0.1, 0.15) is 46.2 Å². The number of carbonyl (C=O) groups is 1. The van der Waals surface area contributed by atoms with Gasteiger partial charge in [-0.05, 0) is 35.2 Å². The second kappa shape index (κ2) is 11.5. The van der Waals surface area contributed by atoms with Crippen LogP contribution in [0.25, 0.3) is 10.9 Å². The van der Waals surface area contributed by atoms with Gasteiger partial charge in [-0.2, -0.15) is 0 Å². The third-order valence-corrected chi connectivity index (χ3v) is 8.42. The highest BCUT2D eigenvalue weighted by Gasteiger charge is 2.30. The van der Waals surface area contributed by atoms with Gasteiger partial charge < -0.3 is 9.47 Å². The molecule has 1 aliphatic heterocycles. The lowest BCUT2D eigenvalue weighted by Crippen LogP contribution is -2.50. The maximum atomic E-state index is 13.9. The molecule has 0 N–H and O–H groups in total. The van der Waals surface area contributed by atoms with Gasteiger partial charge in [-0.3, -0.25) is 9.69 Å². The molecule has 1 fully saturated rings. The standard InChI is InChI=1S/C36H37N3O/c1-27-17-19-28(20-18-27)32(33-26-37(2)34-16-10-9-15-31(33)34)25-35(40)38-21-23-39(24-22-38)36(29-11-5-3-6-12-29)30-13-7-4-8-14-30/h3-20,26,32,36H,21-25H2,1-2H3/t32-/m1/s1. The van der Waals surface area contributed by atoms with Crippen molar-refractivity contribution in [3.05, 3.63) is 143 Å². The van der Waals surface area contributed by atoms with Gasteiger partial charge >= 0.3 is 0 Å². The van der Waals surface area contributed by atoms with Crippen molar-refractivity contribution in [3.8, 4) is 0 Å². The number of amides is 1. The van der Waals surface area contributed by atoms with Crippen molar-refractivity contribution in [2.45, 2.75) is 25.3 Å². The predicted molar refractivity (Wildman–Crippen MR) is 163 cm³/mol. The monoisotopic (exact) mass is 527 g/mol. The summed E-state index contributed by atoms with van der Waals surface area (Å²) < 4.78 is 2.18. The van der Waals surface area contributed by atoms with Crippen LogP contribution in [0.3, 0.4) is 0 Å². The Labute approximate surface area is 237 Å². The normalized spacial score (nSPS) is 15.0. The van der Waals surface area contributed by atoms with Crippen molar-refractivity contribution < 1.29 is 4.79 Å². The van der Waals surface area contributed by atoms with Crippen LogP contribution in [0.2, 0.25) is 0 Å². The molecule has 1 atom stereocenters. The van der Waals surface area contributed by atoms with E-state index in [2.05, 4.69) is 144 Å². The molecule has 0 saturated carbocycles. The molecule has 0 aliphatic carbocycles. The van der Waals surface area contributed by atoms with E-state index in [4.69, 9.17) is 0 Å². The van der Waals surface area contributed by atoms with Crippen LogP contribution in [0, 0.1) is 6.92 Å². The molecule has 2 heterocycles. The Morgan fingerprint density at radius 2 is 1.27 bits per heavy atom. The van der Waals surface area contributed by atoms with E-state index in [1.165, 1.54) is 38.7 Å². The molecule has 1 saturated heterocycles. The Morgan fingerprint density at radius 3 is 1.90 bits per heavy atom. The number of para-hydroxylation sites is 1. The highest BCUT2D eigenvalue weighted by atomic mass is 16.2. The van der Waals surface area contributed by atoms with Crippen LogP contribution in [0.4, 0.5) is 0 Å². The number of benzene rings is 4. The fraction of sp³-hybridized carbons (Fsp3) is 0.250. The number of nitrogens with zero attached hydrogens (tertiary/aromatic N) is 3. The minimum atomic E-state index is 0.0126. The summed E-state index contributed by atoms with van der Waals surface area (Å²) in [6, 6.07) is 38.9. The van der Waals surface area contributed by atoms with E-state index in [9.17, 15) is 4.79 Å². The first kappa shape index (κ1) is 26.1. The third kappa shape index (κ3) is 5.32. The highest BCUT2D eigenvalue weighted by Crippen LogP contribution is 2.36. The average Bonchev–Trinajstić information content (AvgIpc) is 3.34. The Kier molecular flexibility index (Phi) is 7.52. The van der Waals surface area contributed by atoms with Crippen LogP contribution in [0.5, 0.6) is 0 Å². The van der Waals surface area contributed by atoms with E-state index in [-0.39, 0.29) is 17.9 Å². The van der Waals surface area contributed by atoms with Gasteiger partial charge in [0.05, 0.1) is 6.04 Å². The second-order valence-corrected chi connectivity index (χ2v) is 11.0. The molecule has 0 unspecified atom stereocenters. The SMILES string of the molecule is Cc1ccc([C@@H](CC(=O)N2CCN(C(c3ccccc3)c3ccccc3)CC2)c2cn(C)c3ccccc23)cc1. The Bertz CT molecular complexity index is 1530. The fourth-order valence-corrected chi connectivity index (χ4v) is 6.27. The average molecular weight is 528 g/mol. The molecule has 4 aromatic carbocycles. The number of hydrogen-bond donors (Lipinski definition) is 0. The zero-order valence-electron chi connectivity index (χ0n) is 23.4. The minimum Gasteiger partial charge on any atom is -0.350 e. The topological polar surface area (TPSA) is 28.5 Å². The lowest BCUT2D eigenvalue weighted by atomic mass is 9.87. The molecule has 0 radical (unpaired) electrons. The molecule has 0 spiro atoms. The van der Waals surface area contributed by atoms with Crippen molar-refractivity contribution in [3.63, 3.8) is 0 Å². The number of rotatable bonds is 7. The van der Waals surface area contributed by atoms with Gasteiger partial charge in [-0.1, -0.05) is 109 Å². The smallest absolute Gasteiger partial charge is 0.223 e. The lowest BCUT2D eigenvalue weighted by Gasteiger charge is -2.40. The summed E-state index contributed by atoms with van der Waals surface area (Å²) in [6.45, 7) is 5.29. The summed E-state index contributed by atoms with van der Waals surface area (Å²) in [5.74, 6) is 0.243. The van der Waals surface area contributed by atoms with Gasteiger partial charge in [0.15, 0.2) is 0 Å². The van der Waals surface area contributed by atoms with Gasteiger partial charge in [0.1, 0.15) is 0 Å². The minimum absolute atomic E-state index is 0.0126. The Balaban J connectivity index is 1.23. The first-order valence-electron chi connectivity index (χ1n) is 14.3. The van der Waals surface area contributed by atoms with Crippen LogP contribution >= 0.6 is 0 Å². The van der Waals surface area contributed by atoms with Crippen molar-refractivity contribution in [1.29, 1.82) is 0 Å². The summed E-state index contributed by atoms with van der Waals surface area (Å²) in [4.78, 5) is 18.5. The van der Waals surface area contributed by atoms with Crippen LogP contribution < -0.4 is 0 Å². The van der Waals surface area contributed by atoms with Crippen molar-refractivity contribution in [2.75, 3.05) is 26.2 Å². The molecule has 202 valence electrons. The van der Waals surface area contributed by atoms with Crippen LogP contribution in [-0.2, 0) is 11.8 Å². The fourth-order valence-electron chi connectivity index (χ4n) is 6.27. The zero-order valence-corrected chi connectivity index (χ0v) is 23.4. The molecule has 5 aromatic rings. The quantitative estimate of drug-likeness (QED) is 0.229. The first-order chi connectivity index (χ1) is 19.6. The van der Waals surface area contributed by atoms with Crippen molar-refractivity contribution in [1.82, 2.24) is 14.4 Å². The van der Waals surface area contributed by atoms with E-state index >= 15 is 0 Å². The largest absolute Gasteiger partial charge is 0.350 e. The summed E-state index contributed by atoms with van der Waals surface area (Å²) >= 11 is 0. The molecule has 40 heavy (non-hydrogen) atoms. The maximum Gasteiger partial charge on any atom is 0.223 e. The number of hydrogen-bond acceptors (Lipinski definition) is 2. The van der Waals surface area contributed by atoms with Gasteiger partial charge in [-0.15, -0.1) is 0 Å².